The second-order valence-electron chi connectivity index (χ2n) is 7.66. The van der Waals surface area contributed by atoms with E-state index in [1.807, 2.05) is 6.08 Å². The van der Waals surface area contributed by atoms with E-state index in [1.54, 1.807) is 12.1 Å². The molecule has 0 aliphatic carbocycles. The Bertz CT molecular complexity index is 872. The highest BCUT2D eigenvalue weighted by atomic mass is 19.1. The van der Waals surface area contributed by atoms with Gasteiger partial charge in [0.15, 0.2) is 0 Å². The summed E-state index contributed by atoms with van der Waals surface area (Å²) in [4.78, 5) is 2.46. The van der Waals surface area contributed by atoms with Crippen LogP contribution >= 0.6 is 0 Å². The molecule has 0 aromatic heterocycles. The van der Waals surface area contributed by atoms with E-state index < -0.39 is 0 Å². The lowest BCUT2D eigenvalue weighted by atomic mass is 9.79. The molecule has 0 spiro atoms. The van der Waals surface area contributed by atoms with Crippen molar-refractivity contribution in [3.05, 3.63) is 65.0 Å². The van der Waals surface area contributed by atoms with E-state index in [2.05, 4.69) is 56.9 Å². The Hall–Kier alpha value is -2.60. The van der Waals surface area contributed by atoms with Gasteiger partial charge in [-0.25, -0.2) is 4.39 Å². The molecular weight excluding hydrogens is 323 g/mol. The zero-order valence-electron chi connectivity index (χ0n) is 15.9. The molecule has 2 aromatic rings. The van der Waals surface area contributed by atoms with Crippen LogP contribution in [0.1, 0.15) is 56.7 Å². The second kappa shape index (κ2) is 6.96. The maximum Gasteiger partial charge on any atom is 0.123 e. The molecule has 0 bridgehead atoms. The van der Waals surface area contributed by atoms with Crippen molar-refractivity contribution < 1.29 is 4.39 Å². The number of allylic oxidation sites excluding steroid dienone is 1. The van der Waals surface area contributed by atoms with Gasteiger partial charge in [0.05, 0.1) is 11.6 Å². The second-order valence-corrected chi connectivity index (χ2v) is 7.66. The van der Waals surface area contributed by atoms with Crippen molar-refractivity contribution in [2.75, 3.05) is 11.4 Å². The van der Waals surface area contributed by atoms with E-state index in [1.165, 1.54) is 23.4 Å². The zero-order valence-corrected chi connectivity index (χ0v) is 15.9. The van der Waals surface area contributed by atoms with E-state index in [-0.39, 0.29) is 11.4 Å². The SMILES string of the molecule is CCN1c2ccc(/C=C(/C#N)c3ccc(F)cc3)cc2C(C)CC1(C)C. The van der Waals surface area contributed by atoms with Crippen molar-refractivity contribution in [3.63, 3.8) is 0 Å². The molecule has 3 heteroatoms. The van der Waals surface area contributed by atoms with Gasteiger partial charge in [0.2, 0.25) is 0 Å². The number of benzene rings is 2. The summed E-state index contributed by atoms with van der Waals surface area (Å²) in [5, 5.41) is 9.53. The van der Waals surface area contributed by atoms with Crippen LogP contribution in [-0.2, 0) is 0 Å². The van der Waals surface area contributed by atoms with E-state index in [0.717, 1.165) is 24.1 Å². The predicted molar refractivity (Wildman–Crippen MR) is 106 cm³/mol. The Morgan fingerprint density at radius 2 is 1.96 bits per heavy atom. The molecule has 134 valence electrons. The molecule has 0 N–H and O–H groups in total. The fraction of sp³-hybridized carbons (Fsp3) is 0.348. The van der Waals surface area contributed by atoms with E-state index in [9.17, 15) is 9.65 Å². The Labute approximate surface area is 155 Å². The summed E-state index contributed by atoms with van der Waals surface area (Å²) in [7, 11) is 0. The molecule has 1 atom stereocenters. The molecule has 26 heavy (non-hydrogen) atoms. The summed E-state index contributed by atoms with van der Waals surface area (Å²) < 4.78 is 13.1. The molecule has 0 amide bonds. The van der Waals surface area contributed by atoms with E-state index in [0.29, 0.717) is 11.5 Å². The minimum Gasteiger partial charge on any atom is -0.366 e. The molecular formula is C23H25FN2. The Morgan fingerprint density at radius 3 is 2.58 bits per heavy atom. The van der Waals surface area contributed by atoms with Gasteiger partial charge in [-0.3, -0.25) is 0 Å². The van der Waals surface area contributed by atoms with Gasteiger partial charge in [-0.15, -0.1) is 0 Å². The lowest BCUT2D eigenvalue weighted by Crippen LogP contribution is -2.48. The summed E-state index contributed by atoms with van der Waals surface area (Å²) in [6, 6.07) is 14.7. The maximum atomic E-state index is 13.1. The topological polar surface area (TPSA) is 27.0 Å². The largest absolute Gasteiger partial charge is 0.366 e. The number of anilines is 1. The molecule has 2 aromatic carbocycles. The molecule has 0 saturated heterocycles. The quantitative estimate of drug-likeness (QED) is 0.502. The number of nitriles is 1. The average Bonchev–Trinajstić information content (AvgIpc) is 2.60. The highest BCUT2D eigenvalue weighted by Gasteiger charge is 2.35. The fourth-order valence-corrected chi connectivity index (χ4v) is 4.17. The molecule has 3 rings (SSSR count). The number of rotatable bonds is 3. The minimum absolute atomic E-state index is 0.143. The fourth-order valence-electron chi connectivity index (χ4n) is 4.17. The van der Waals surface area contributed by atoms with Crippen molar-refractivity contribution >= 4 is 17.3 Å². The van der Waals surface area contributed by atoms with Gasteiger partial charge in [0, 0.05) is 17.8 Å². The van der Waals surface area contributed by atoms with Crippen molar-refractivity contribution in [2.45, 2.75) is 45.6 Å². The number of halogens is 1. The van der Waals surface area contributed by atoms with Crippen LogP contribution in [0.25, 0.3) is 11.6 Å². The molecule has 2 nitrogen and oxygen atoms in total. The van der Waals surface area contributed by atoms with Crippen LogP contribution < -0.4 is 4.90 Å². The van der Waals surface area contributed by atoms with Crippen LogP contribution in [0.3, 0.4) is 0 Å². The molecule has 0 radical (unpaired) electrons. The van der Waals surface area contributed by atoms with Crippen LogP contribution in [0.5, 0.6) is 0 Å². The van der Waals surface area contributed by atoms with Gasteiger partial charge in [0.25, 0.3) is 0 Å². The van der Waals surface area contributed by atoms with Crippen molar-refractivity contribution in [2.24, 2.45) is 0 Å². The van der Waals surface area contributed by atoms with Crippen molar-refractivity contribution in [1.29, 1.82) is 5.26 Å². The van der Waals surface area contributed by atoms with Crippen LogP contribution in [-0.4, -0.2) is 12.1 Å². The third kappa shape index (κ3) is 3.37. The van der Waals surface area contributed by atoms with Gasteiger partial charge in [-0.2, -0.15) is 5.26 Å². The lowest BCUT2D eigenvalue weighted by molar-refractivity contribution is 0.381. The summed E-state index contributed by atoms with van der Waals surface area (Å²) in [5.74, 6) is 0.170. The van der Waals surface area contributed by atoms with E-state index >= 15 is 0 Å². The van der Waals surface area contributed by atoms with Crippen LogP contribution in [0.15, 0.2) is 42.5 Å². The summed E-state index contributed by atoms with van der Waals surface area (Å²) in [6.07, 6.45) is 2.99. The number of hydrogen-bond acceptors (Lipinski definition) is 2. The monoisotopic (exact) mass is 348 g/mol. The number of fused-ring (bicyclic) bond motifs is 1. The normalized spacial score (nSPS) is 19.0. The van der Waals surface area contributed by atoms with Gasteiger partial charge in [-0.05, 0) is 80.1 Å². The smallest absolute Gasteiger partial charge is 0.123 e. The van der Waals surface area contributed by atoms with Gasteiger partial charge < -0.3 is 4.90 Å². The minimum atomic E-state index is -0.295. The zero-order chi connectivity index (χ0) is 18.9. The maximum absolute atomic E-state index is 13.1. The van der Waals surface area contributed by atoms with Gasteiger partial charge >= 0.3 is 0 Å². The summed E-state index contributed by atoms with van der Waals surface area (Å²) >= 11 is 0. The van der Waals surface area contributed by atoms with Crippen molar-refractivity contribution in [3.8, 4) is 6.07 Å². The Balaban J connectivity index is 2.02. The third-order valence-corrected chi connectivity index (χ3v) is 5.31. The molecule has 1 aliphatic heterocycles. The molecule has 0 saturated carbocycles. The van der Waals surface area contributed by atoms with Crippen LogP contribution in [0.4, 0.5) is 10.1 Å². The number of nitrogens with zero attached hydrogens (tertiary/aromatic N) is 2. The first-order valence-electron chi connectivity index (χ1n) is 9.15. The third-order valence-electron chi connectivity index (χ3n) is 5.31. The van der Waals surface area contributed by atoms with Gasteiger partial charge in [-0.1, -0.05) is 25.1 Å². The first-order valence-corrected chi connectivity index (χ1v) is 9.15. The molecule has 0 fully saturated rings. The van der Waals surface area contributed by atoms with Crippen molar-refractivity contribution in [1.82, 2.24) is 0 Å². The van der Waals surface area contributed by atoms with Gasteiger partial charge in [0.1, 0.15) is 5.82 Å². The summed E-state index contributed by atoms with van der Waals surface area (Å²) in [6.45, 7) is 10.0. The average molecular weight is 348 g/mol. The highest BCUT2D eigenvalue weighted by molar-refractivity contribution is 5.90. The predicted octanol–water partition coefficient (Wildman–Crippen LogP) is 6.00. The first kappa shape index (κ1) is 18.2. The van der Waals surface area contributed by atoms with E-state index in [4.69, 9.17) is 0 Å². The molecule has 1 aliphatic rings. The Kier molecular flexibility index (Phi) is 4.87. The van der Waals surface area contributed by atoms with Crippen LogP contribution in [0, 0.1) is 17.1 Å². The first-order chi connectivity index (χ1) is 12.4. The lowest BCUT2D eigenvalue weighted by Gasteiger charge is -2.47. The Morgan fingerprint density at radius 1 is 1.27 bits per heavy atom. The standard InChI is InChI=1S/C23H25FN2/c1-5-26-22-11-6-17(13-21(22)16(2)14-23(26,3)4)12-19(15-25)18-7-9-20(24)10-8-18/h6-13,16H,5,14H2,1-4H3/b19-12-. The number of hydrogen-bond donors (Lipinski definition) is 0. The highest BCUT2D eigenvalue weighted by Crippen LogP contribution is 2.43. The molecule has 1 unspecified atom stereocenters. The summed E-state index contributed by atoms with van der Waals surface area (Å²) in [5.41, 5.74) is 5.04. The molecule has 1 heterocycles. The van der Waals surface area contributed by atoms with Crippen LogP contribution in [0.2, 0.25) is 0 Å².